The smallest absolute Gasteiger partial charge is 0.204 e. The summed E-state index contributed by atoms with van der Waals surface area (Å²) in [6.07, 6.45) is 1.59. The normalized spacial score (nSPS) is 15.9. The van der Waals surface area contributed by atoms with Gasteiger partial charge in [0.15, 0.2) is 17.4 Å². The molecule has 13 heavy (non-hydrogen) atoms. The second-order valence-corrected chi connectivity index (χ2v) is 2.91. The molecule has 1 aromatic carbocycles. The Hall–Kier alpha value is -1.19. The summed E-state index contributed by atoms with van der Waals surface area (Å²) in [5, 5.41) is 0. The van der Waals surface area contributed by atoms with E-state index in [1.165, 1.54) is 0 Å². The standard InChI is InChI=1S/C9H6F3O/c10-6-3-4-7(9(12)8(6)11)13-5-1-2-5/h3,5H,1-2H2. The lowest BCUT2D eigenvalue weighted by Crippen LogP contribution is -2.01. The molecule has 0 heterocycles. The van der Waals surface area contributed by atoms with Crippen molar-refractivity contribution in [2.24, 2.45) is 0 Å². The van der Waals surface area contributed by atoms with Crippen LogP contribution in [0.4, 0.5) is 13.2 Å². The van der Waals surface area contributed by atoms with Crippen LogP contribution in [0.5, 0.6) is 5.75 Å². The highest BCUT2D eigenvalue weighted by Crippen LogP contribution is 2.29. The van der Waals surface area contributed by atoms with Crippen molar-refractivity contribution in [2.45, 2.75) is 18.9 Å². The van der Waals surface area contributed by atoms with E-state index in [1.54, 1.807) is 0 Å². The third kappa shape index (κ3) is 1.61. The molecule has 4 heteroatoms. The highest BCUT2D eigenvalue weighted by molar-refractivity contribution is 5.25. The monoisotopic (exact) mass is 187 g/mol. The number of halogens is 3. The highest BCUT2D eigenvalue weighted by Gasteiger charge is 2.26. The molecule has 1 saturated carbocycles. The Balaban J connectivity index is 2.29. The summed E-state index contributed by atoms with van der Waals surface area (Å²) in [6.45, 7) is 0. The summed E-state index contributed by atoms with van der Waals surface area (Å²) < 4.78 is 42.9. The van der Waals surface area contributed by atoms with E-state index in [4.69, 9.17) is 4.74 Å². The SMILES string of the molecule is Fc1c[c]c(OC2CC2)c(F)c1F. The Kier molecular flexibility index (Phi) is 1.90. The van der Waals surface area contributed by atoms with Crippen molar-refractivity contribution >= 4 is 0 Å². The second kappa shape index (κ2) is 2.94. The van der Waals surface area contributed by atoms with Crippen molar-refractivity contribution in [3.63, 3.8) is 0 Å². The first kappa shape index (κ1) is 8.41. The quantitative estimate of drug-likeness (QED) is 0.646. The van der Waals surface area contributed by atoms with E-state index in [9.17, 15) is 13.2 Å². The van der Waals surface area contributed by atoms with Gasteiger partial charge in [0.25, 0.3) is 0 Å². The Morgan fingerprint density at radius 1 is 1.23 bits per heavy atom. The first-order valence-electron chi connectivity index (χ1n) is 3.90. The third-order valence-corrected chi connectivity index (χ3v) is 1.74. The van der Waals surface area contributed by atoms with E-state index >= 15 is 0 Å². The molecule has 0 aliphatic heterocycles. The molecular weight excluding hydrogens is 181 g/mol. The molecule has 1 aromatic rings. The Morgan fingerprint density at radius 3 is 2.54 bits per heavy atom. The first-order chi connectivity index (χ1) is 6.18. The maximum Gasteiger partial charge on any atom is 0.204 e. The minimum absolute atomic E-state index is 0.0596. The lowest BCUT2D eigenvalue weighted by atomic mass is 10.3. The van der Waals surface area contributed by atoms with Gasteiger partial charge in [-0.05, 0) is 18.9 Å². The fraction of sp³-hybridized carbons (Fsp3) is 0.333. The van der Waals surface area contributed by atoms with Crippen molar-refractivity contribution in [1.29, 1.82) is 0 Å². The molecule has 0 bridgehead atoms. The number of rotatable bonds is 2. The fourth-order valence-corrected chi connectivity index (χ4v) is 0.898. The van der Waals surface area contributed by atoms with Crippen molar-refractivity contribution < 1.29 is 17.9 Å². The van der Waals surface area contributed by atoms with Gasteiger partial charge >= 0.3 is 0 Å². The topological polar surface area (TPSA) is 9.23 Å². The van der Waals surface area contributed by atoms with Crippen LogP contribution in [0.3, 0.4) is 0 Å². The third-order valence-electron chi connectivity index (χ3n) is 1.74. The molecule has 0 aromatic heterocycles. The lowest BCUT2D eigenvalue weighted by molar-refractivity contribution is 0.278. The molecule has 0 amide bonds. The molecular formula is C9H6F3O. The van der Waals surface area contributed by atoms with Crippen LogP contribution in [0.15, 0.2) is 6.07 Å². The molecule has 2 rings (SSSR count). The van der Waals surface area contributed by atoms with Gasteiger partial charge < -0.3 is 4.74 Å². The van der Waals surface area contributed by atoms with Crippen LogP contribution in [0.25, 0.3) is 0 Å². The molecule has 1 nitrogen and oxygen atoms in total. The Morgan fingerprint density at radius 2 is 1.92 bits per heavy atom. The zero-order chi connectivity index (χ0) is 9.42. The first-order valence-corrected chi connectivity index (χ1v) is 3.90. The van der Waals surface area contributed by atoms with Gasteiger partial charge in [-0.15, -0.1) is 0 Å². The van der Waals surface area contributed by atoms with Crippen LogP contribution in [0, 0.1) is 23.5 Å². The lowest BCUT2D eigenvalue weighted by Gasteiger charge is -2.05. The Labute approximate surface area is 73.1 Å². The number of hydrogen-bond donors (Lipinski definition) is 0. The van der Waals surface area contributed by atoms with Gasteiger partial charge in [-0.3, -0.25) is 0 Å². The number of benzene rings is 1. The van der Waals surface area contributed by atoms with Crippen LogP contribution in [0.2, 0.25) is 0 Å². The maximum absolute atomic E-state index is 12.9. The van der Waals surface area contributed by atoms with Crippen LogP contribution in [-0.2, 0) is 0 Å². The van der Waals surface area contributed by atoms with Gasteiger partial charge in [0.05, 0.1) is 6.10 Å². The minimum Gasteiger partial charge on any atom is -0.487 e. The van der Waals surface area contributed by atoms with Crippen LogP contribution >= 0.6 is 0 Å². The summed E-state index contributed by atoms with van der Waals surface area (Å²) in [6, 6.07) is 2.94. The van der Waals surface area contributed by atoms with Crippen molar-refractivity contribution in [3.05, 3.63) is 29.6 Å². The summed E-state index contributed by atoms with van der Waals surface area (Å²) >= 11 is 0. The average molecular weight is 187 g/mol. The zero-order valence-electron chi connectivity index (χ0n) is 6.61. The molecule has 1 radical (unpaired) electrons. The maximum atomic E-state index is 12.9. The van der Waals surface area contributed by atoms with Gasteiger partial charge in [0.1, 0.15) is 0 Å². The zero-order valence-corrected chi connectivity index (χ0v) is 6.61. The highest BCUT2D eigenvalue weighted by atomic mass is 19.2. The molecule has 0 spiro atoms. The molecule has 1 aliphatic rings. The summed E-state index contributed by atoms with van der Waals surface area (Å²) in [5.74, 6) is -4.39. The molecule has 0 N–H and O–H groups in total. The molecule has 1 fully saturated rings. The summed E-state index contributed by atoms with van der Waals surface area (Å²) in [5.41, 5.74) is 0. The van der Waals surface area contributed by atoms with Crippen molar-refractivity contribution in [3.8, 4) is 5.75 Å². The largest absolute Gasteiger partial charge is 0.487 e. The predicted molar refractivity (Wildman–Crippen MR) is 38.8 cm³/mol. The van der Waals surface area contributed by atoms with Gasteiger partial charge in [0, 0.05) is 6.07 Å². The summed E-state index contributed by atoms with van der Waals surface area (Å²) in [7, 11) is 0. The van der Waals surface area contributed by atoms with Gasteiger partial charge in [-0.2, -0.15) is 4.39 Å². The van der Waals surface area contributed by atoms with Crippen molar-refractivity contribution in [1.82, 2.24) is 0 Å². The van der Waals surface area contributed by atoms with Gasteiger partial charge in [-0.25, -0.2) is 8.78 Å². The summed E-state index contributed by atoms with van der Waals surface area (Å²) in [4.78, 5) is 0. The second-order valence-electron chi connectivity index (χ2n) is 2.91. The Bertz CT molecular complexity index is 334. The van der Waals surface area contributed by atoms with E-state index in [1.807, 2.05) is 0 Å². The number of hydrogen-bond acceptors (Lipinski definition) is 1. The van der Waals surface area contributed by atoms with E-state index in [0.717, 1.165) is 18.9 Å². The van der Waals surface area contributed by atoms with Crippen LogP contribution in [0.1, 0.15) is 12.8 Å². The molecule has 0 atom stereocenters. The van der Waals surface area contributed by atoms with E-state index in [0.29, 0.717) is 0 Å². The minimum atomic E-state index is -1.51. The predicted octanol–water partition coefficient (Wildman–Crippen LogP) is 2.45. The molecule has 0 saturated heterocycles. The van der Waals surface area contributed by atoms with E-state index in [2.05, 4.69) is 6.07 Å². The van der Waals surface area contributed by atoms with Gasteiger partial charge in [-0.1, -0.05) is 0 Å². The number of ether oxygens (including phenoxy) is 1. The van der Waals surface area contributed by atoms with Crippen LogP contribution in [-0.4, -0.2) is 6.10 Å². The van der Waals surface area contributed by atoms with Crippen LogP contribution < -0.4 is 4.74 Å². The van der Waals surface area contributed by atoms with E-state index in [-0.39, 0.29) is 11.9 Å². The molecule has 69 valence electrons. The van der Waals surface area contributed by atoms with Gasteiger partial charge in [0.2, 0.25) is 5.82 Å². The fourth-order valence-electron chi connectivity index (χ4n) is 0.898. The average Bonchev–Trinajstić information content (AvgIpc) is 2.90. The molecule has 0 unspecified atom stereocenters. The van der Waals surface area contributed by atoms with E-state index < -0.39 is 17.5 Å². The van der Waals surface area contributed by atoms with Crippen molar-refractivity contribution in [2.75, 3.05) is 0 Å². The molecule has 1 aliphatic carbocycles.